The van der Waals surface area contributed by atoms with Crippen molar-refractivity contribution in [3.63, 3.8) is 0 Å². The van der Waals surface area contributed by atoms with Crippen LogP contribution in [0.1, 0.15) is 36.5 Å². The Hall–Kier alpha value is -2.15. The van der Waals surface area contributed by atoms with Crippen molar-refractivity contribution in [1.82, 2.24) is 4.57 Å². The van der Waals surface area contributed by atoms with Crippen molar-refractivity contribution in [3.8, 4) is 5.75 Å². The van der Waals surface area contributed by atoms with E-state index < -0.39 is 0 Å². The molecule has 0 atom stereocenters. The summed E-state index contributed by atoms with van der Waals surface area (Å²) in [5.74, 6) is 0.381. The van der Waals surface area contributed by atoms with E-state index in [9.17, 15) is 4.79 Å². The van der Waals surface area contributed by atoms with E-state index in [0.717, 1.165) is 29.5 Å². The van der Waals surface area contributed by atoms with E-state index >= 15 is 0 Å². The van der Waals surface area contributed by atoms with E-state index in [0.29, 0.717) is 40.9 Å². The van der Waals surface area contributed by atoms with Gasteiger partial charge in [0.2, 0.25) is 0 Å². The van der Waals surface area contributed by atoms with E-state index in [1.165, 1.54) is 11.3 Å². The number of amides is 1. The van der Waals surface area contributed by atoms with Crippen LogP contribution in [0, 0.1) is 0 Å². The summed E-state index contributed by atoms with van der Waals surface area (Å²) in [5, 5.41) is 0.631. The number of para-hydroxylation sites is 1. The second-order valence-corrected chi connectivity index (χ2v) is 8.03. The molecule has 0 saturated carbocycles. The zero-order chi connectivity index (χ0) is 20.6. The van der Waals surface area contributed by atoms with Gasteiger partial charge in [0.15, 0.2) is 4.80 Å². The van der Waals surface area contributed by atoms with Gasteiger partial charge in [0.25, 0.3) is 5.91 Å². The Morgan fingerprint density at radius 3 is 2.79 bits per heavy atom. The van der Waals surface area contributed by atoms with Crippen LogP contribution >= 0.6 is 22.9 Å². The van der Waals surface area contributed by atoms with Gasteiger partial charge in [-0.25, -0.2) is 0 Å². The van der Waals surface area contributed by atoms with Crippen LogP contribution in [0.25, 0.3) is 10.2 Å². The first-order valence-corrected chi connectivity index (χ1v) is 10.9. The molecular weight excluding hydrogens is 408 g/mol. The van der Waals surface area contributed by atoms with Gasteiger partial charge in [-0.15, -0.1) is 0 Å². The first kappa shape index (κ1) is 21.6. The fourth-order valence-electron chi connectivity index (χ4n) is 2.97. The Bertz CT molecular complexity index is 1040. The molecule has 0 aliphatic rings. The molecule has 154 valence electrons. The highest BCUT2D eigenvalue weighted by atomic mass is 35.5. The Morgan fingerprint density at radius 2 is 2.00 bits per heavy atom. The van der Waals surface area contributed by atoms with Crippen molar-refractivity contribution in [2.24, 2.45) is 4.99 Å². The third kappa shape index (κ3) is 5.47. The number of ether oxygens (including phenoxy) is 2. The Morgan fingerprint density at radius 1 is 1.17 bits per heavy atom. The molecule has 0 radical (unpaired) electrons. The van der Waals surface area contributed by atoms with E-state index in [1.54, 1.807) is 19.2 Å². The Labute approximate surface area is 179 Å². The van der Waals surface area contributed by atoms with Gasteiger partial charge in [-0.2, -0.15) is 4.99 Å². The molecule has 29 heavy (non-hydrogen) atoms. The summed E-state index contributed by atoms with van der Waals surface area (Å²) in [6.07, 6.45) is 3.27. The van der Waals surface area contributed by atoms with Gasteiger partial charge in [0.1, 0.15) is 5.75 Å². The fourth-order valence-corrected chi connectivity index (χ4v) is 4.39. The monoisotopic (exact) mass is 432 g/mol. The van der Waals surface area contributed by atoms with E-state index in [2.05, 4.69) is 11.9 Å². The molecule has 1 aromatic heterocycles. The van der Waals surface area contributed by atoms with Crippen molar-refractivity contribution in [1.29, 1.82) is 0 Å². The molecule has 0 aliphatic heterocycles. The number of halogens is 1. The number of hydrogen-bond acceptors (Lipinski definition) is 4. The molecule has 0 aliphatic carbocycles. The second kappa shape index (κ2) is 10.6. The molecule has 0 fully saturated rings. The molecule has 7 heteroatoms. The van der Waals surface area contributed by atoms with E-state index in [1.807, 2.05) is 34.9 Å². The first-order valence-electron chi connectivity index (χ1n) is 9.72. The zero-order valence-corrected chi connectivity index (χ0v) is 18.3. The molecule has 0 unspecified atom stereocenters. The molecule has 1 heterocycles. The lowest BCUT2D eigenvalue weighted by molar-refractivity contribution is 0.0997. The third-order valence-electron chi connectivity index (χ3n) is 4.47. The smallest absolute Gasteiger partial charge is 0.279 e. The van der Waals surface area contributed by atoms with Gasteiger partial charge in [-0.1, -0.05) is 54.8 Å². The fraction of sp³-hybridized carbons (Fsp3) is 0.364. The highest BCUT2D eigenvalue weighted by Crippen LogP contribution is 2.25. The van der Waals surface area contributed by atoms with Gasteiger partial charge in [-0.05, 0) is 36.8 Å². The van der Waals surface area contributed by atoms with Gasteiger partial charge >= 0.3 is 0 Å². The number of carbonyl (C=O) groups is 1. The molecule has 0 saturated heterocycles. The maximum atomic E-state index is 12.8. The van der Waals surface area contributed by atoms with Crippen LogP contribution < -0.4 is 9.54 Å². The summed E-state index contributed by atoms with van der Waals surface area (Å²) in [6.45, 7) is 3.86. The lowest BCUT2D eigenvalue weighted by atomic mass is 10.2. The number of thiazole rings is 1. The average molecular weight is 433 g/mol. The largest absolute Gasteiger partial charge is 0.494 e. The minimum atomic E-state index is -0.308. The Kier molecular flexibility index (Phi) is 7.86. The summed E-state index contributed by atoms with van der Waals surface area (Å²) < 4.78 is 13.9. The summed E-state index contributed by atoms with van der Waals surface area (Å²) in [7, 11) is 1.64. The predicted molar refractivity (Wildman–Crippen MR) is 118 cm³/mol. The lowest BCUT2D eigenvalue weighted by Gasteiger charge is -2.07. The maximum absolute atomic E-state index is 12.8. The van der Waals surface area contributed by atoms with Crippen LogP contribution in [0.5, 0.6) is 5.75 Å². The number of unbranched alkanes of at least 4 members (excludes halogenated alkanes) is 2. The van der Waals surface area contributed by atoms with E-state index in [-0.39, 0.29) is 5.91 Å². The topological polar surface area (TPSA) is 52.8 Å². The molecule has 0 bridgehead atoms. The van der Waals surface area contributed by atoms with Gasteiger partial charge < -0.3 is 14.0 Å². The Balaban J connectivity index is 1.90. The number of hydrogen-bond donors (Lipinski definition) is 0. The standard InChI is InChI=1S/C22H25ClN2O3S/c1-3-4-5-13-28-17-9-6-8-16(15-17)21(26)24-22-25(12-14-27-2)20-18(23)10-7-11-19(20)29-22/h6-11,15H,3-5,12-14H2,1-2H3. The molecule has 2 aromatic carbocycles. The SMILES string of the molecule is CCCCCOc1cccc(C(=O)N=c2sc3cccc(Cl)c3n2CCOC)c1. The minimum Gasteiger partial charge on any atom is -0.494 e. The van der Waals surface area contributed by atoms with Crippen LogP contribution in [0.2, 0.25) is 5.02 Å². The van der Waals surface area contributed by atoms with Crippen molar-refractivity contribution in [3.05, 3.63) is 57.9 Å². The molecule has 3 rings (SSSR count). The second-order valence-electron chi connectivity index (χ2n) is 6.62. The van der Waals surface area contributed by atoms with Crippen molar-refractivity contribution in [2.45, 2.75) is 32.7 Å². The summed E-state index contributed by atoms with van der Waals surface area (Å²) >= 11 is 7.84. The zero-order valence-electron chi connectivity index (χ0n) is 16.7. The molecular formula is C22H25ClN2O3S. The average Bonchev–Trinajstić information content (AvgIpc) is 3.08. The number of carbonyl (C=O) groups excluding carboxylic acids is 1. The van der Waals surface area contributed by atoms with E-state index in [4.69, 9.17) is 21.1 Å². The van der Waals surface area contributed by atoms with Crippen LogP contribution in [0.15, 0.2) is 47.5 Å². The number of aromatic nitrogens is 1. The van der Waals surface area contributed by atoms with Crippen molar-refractivity contribution < 1.29 is 14.3 Å². The third-order valence-corrected chi connectivity index (χ3v) is 5.81. The summed E-state index contributed by atoms with van der Waals surface area (Å²) in [4.78, 5) is 17.8. The number of fused-ring (bicyclic) bond motifs is 1. The van der Waals surface area contributed by atoms with Gasteiger partial charge in [0, 0.05) is 19.2 Å². The van der Waals surface area contributed by atoms with Crippen LogP contribution in [0.4, 0.5) is 0 Å². The molecule has 1 amide bonds. The maximum Gasteiger partial charge on any atom is 0.279 e. The van der Waals surface area contributed by atoms with Gasteiger partial charge in [0.05, 0.1) is 28.5 Å². The van der Waals surface area contributed by atoms with Crippen LogP contribution in [-0.4, -0.2) is 30.8 Å². The normalized spacial score (nSPS) is 11.9. The van der Waals surface area contributed by atoms with Crippen molar-refractivity contribution >= 4 is 39.1 Å². The quantitative estimate of drug-likeness (QED) is 0.430. The predicted octanol–water partition coefficient (Wildman–Crippen LogP) is 5.31. The number of rotatable bonds is 9. The lowest BCUT2D eigenvalue weighted by Crippen LogP contribution is -2.19. The molecule has 0 spiro atoms. The number of nitrogens with zero attached hydrogens (tertiary/aromatic N) is 2. The molecule has 3 aromatic rings. The minimum absolute atomic E-state index is 0.308. The highest BCUT2D eigenvalue weighted by molar-refractivity contribution is 7.16. The number of benzene rings is 2. The summed E-state index contributed by atoms with van der Waals surface area (Å²) in [5.41, 5.74) is 1.37. The van der Waals surface area contributed by atoms with Crippen molar-refractivity contribution in [2.75, 3.05) is 20.3 Å². The highest BCUT2D eigenvalue weighted by Gasteiger charge is 2.12. The first-order chi connectivity index (χ1) is 14.1. The molecule has 0 N–H and O–H groups in total. The van der Waals surface area contributed by atoms with Gasteiger partial charge in [-0.3, -0.25) is 4.79 Å². The van der Waals surface area contributed by atoms with Crippen LogP contribution in [-0.2, 0) is 11.3 Å². The molecule has 5 nitrogen and oxygen atoms in total. The number of methoxy groups -OCH3 is 1. The van der Waals surface area contributed by atoms with Crippen LogP contribution in [0.3, 0.4) is 0 Å². The summed E-state index contributed by atoms with van der Waals surface area (Å²) in [6, 6.07) is 12.9.